The van der Waals surface area contributed by atoms with Gasteiger partial charge in [0.05, 0.1) is 0 Å². The van der Waals surface area contributed by atoms with Crippen LogP contribution in [0, 0.1) is 0 Å². The van der Waals surface area contributed by atoms with Crippen LogP contribution in [-0.2, 0) is 32.5 Å². The van der Waals surface area contributed by atoms with Crippen molar-refractivity contribution < 1.29 is 9.36 Å². The molecule has 10 aromatic rings. The molecule has 426 valence electrons. The average molecular weight is 1110 g/mol. The first-order valence-electron chi connectivity index (χ1n) is 30.2. The van der Waals surface area contributed by atoms with Crippen molar-refractivity contribution in [3.8, 4) is 89.5 Å². The molecule has 0 bridgehead atoms. The van der Waals surface area contributed by atoms with Gasteiger partial charge in [0, 0.05) is 49.4 Å². The van der Waals surface area contributed by atoms with Crippen LogP contribution in [0.15, 0.2) is 207 Å². The number of rotatable bonds is 9. The van der Waals surface area contributed by atoms with Gasteiger partial charge in [-0.25, -0.2) is 0 Å². The molecule has 0 N–H and O–H groups in total. The molecule has 10 rings (SSSR count). The quantitative estimate of drug-likeness (QED) is 0.135. The summed E-state index contributed by atoms with van der Waals surface area (Å²) in [6, 6.07) is 75.2. The summed E-state index contributed by atoms with van der Waals surface area (Å²) in [6.45, 7) is 40.9. The molecule has 0 aliphatic carbocycles. The van der Waals surface area contributed by atoms with Crippen molar-refractivity contribution in [3.63, 3.8) is 0 Å². The SMILES string of the molecule is CC(C)(C)c1ccc(-c2cc(-c3ccc(C(C)(C)C)cc3)cc(-c3n[n+](-c4cc(-c5ccc(C(C)(C)C)cc5)cc(-c5ccc(C(C)(C)C)cc5)c4)c[n+](-c4cc(-c5ccc(C(C)(C)C)cc5)cc(-c5ccc(C(C)(C)C)cc5)c4)n3)c2)cc1. The Kier molecular flexibility index (Phi) is 15.6. The van der Waals surface area contributed by atoms with Gasteiger partial charge in [0.2, 0.25) is 11.4 Å². The third kappa shape index (κ3) is 13.3. The van der Waals surface area contributed by atoms with E-state index in [0.717, 1.165) is 83.7 Å². The third-order valence-electron chi connectivity index (χ3n) is 16.7. The molecule has 0 saturated carbocycles. The average Bonchev–Trinajstić information content (AvgIpc) is 2.99. The largest absolute Gasteiger partial charge is 0.469 e. The molecule has 0 aliphatic heterocycles. The zero-order valence-corrected chi connectivity index (χ0v) is 53.4. The topological polar surface area (TPSA) is 33.5 Å². The summed E-state index contributed by atoms with van der Waals surface area (Å²) in [5, 5.41) is 11.3. The summed E-state index contributed by atoms with van der Waals surface area (Å²) in [5.74, 6) is 0.588. The highest BCUT2D eigenvalue weighted by molar-refractivity contribution is 5.81. The Hall–Kier alpha value is -8.08. The maximum Gasteiger partial charge on any atom is 0.469 e. The molecular weight excluding hydrogens is 1020 g/mol. The van der Waals surface area contributed by atoms with E-state index in [0.29, 0.717) is 5.82 Å². The van der Waals surface area contributed by atoms with Gasteiger partial charge < -0.3 is 0 Å². The molecule has 0 fully saturated rings. The summed E-state index contributed by atoms with van der Waals surface area (Å²) < 4.78 is 4.10. The smallest absolute Gasteiger partial charge is 0.0579 e. The second-order valence-corrected chi connectivity index (χ2v) is 29.6. The summed E-state index contributed by atoms with van der Waals surface area (Å²) in [5.41, 5.74) is 24.1. The van der Waals surface area contributed by atoms with Crippen LogP contribution in [0.25, 0.3) is 89.5 Å². The molecule has 84 heavy (non-hydrogen) atoms. The fourth-order valence-corrected chi connectivity index (χ4v) is 11.0. The van der Waals surface area contributed by atoms with Crippen molar-refractivity contribution >= 4 is 0 Å². The molecule has 1 aromatic heterocycles. The van der Waals surface area contributed by atoms with Crippen molar-refractivity contribution in [2.24, 2.45) is 0 Å². The van der Waals surface area contributed by atoms with Crippen LogP contribution in [-0.4, -0.2) is 10.2 Å². The fourth-order valence-electron chi connectivity index (χ4n) is 11.0. The minimum absolute atomic E-state index is 0.0192. The van der Waals surface area contributed by atoms with Gasteiger partial charge in [-0.3, -0.25) is 0 Å². The van der Waals surface area contributed by atoms with Crippen LogP contribution in [0.4, 0.5) is 0 Å². The van der Waals surface area contributed by atoms with Crippen molar-refractivity contribution in [1.82, 2.24) is 10.2 Å². The molecule has 0 unspecified atom stereocenters. The lowest BCUT2D eigenvalue weighted by Gasteiger charge is -2.20. The first kappa shape index (κ1) is 59.1. The normalized spacial score (nSPS) is 12.6. The van der Waals surface area contributed by atoms with Crippen LogP contribution >= 0.6 is 0 Å². The van der Waals surface area contributed by atoms with E-state index in [1.807, 2.05) is 9.36 Å². The number of aromatic nitrogens is 4. The zero-order chi connectivity index (χ0) is 60.3. The van der Waals surface area contributed by atoms with E-state index in [2.05, 4.69) is 331 Å². The predicted octanol–water partition coefficient (Wildman–Crippen LogP) is 20.5. The van der Waals surface area contributed by atoms with Crippen LogP contribution in [0.3, 0.4) is 0 Å². The third-order valence-corrected chi connectivity index (χ3v) is 16.7. The van der Waals surface area contributed by atoms with E-state index in [-0.39, 0.29) is 32.5 Å². The Morgan fingerprint density at radius 1 is 0.202 bits per heavy atom. The lowest BCUT2D eigenvalue weighted by atomic mass is 9.85. The van der Waals surface area contributed by atoms with Crippen molar-refractivity contribution in [2.45, 2.75) is 157 Å². The molecule has 1 heterocycles. The number of hydrogen-bond donors (Lipinski definition) is 0. The molecule has 0 amide bonds. The number of benzene rings is 9. The molecule has 0 radical (unpaired) electrons. The van der Waals surface area contributed by atoms with Gasteiger partial charge in [-0.05, 0) is 163 Å². The van der Waals surface area contributed by atoms with E-state index >= 15 is 0 Å². The van der Waals surface area contributed by atoms with Crippen molar-refractivity contribution in [3.05, 3.63) is 240 Å². The zero-order valence-electron chi connectivity index (χ0n) is 53.4. The highest BCUT2D eigenvalue weighted by Gasteiger charge is 2.28. The second kappa shape index (κ2) is 22.2. The van der Waals surface area contributed by atoms with Gasteiger partial charge in [-0.2, -0.15) is 0 Å². The van der Waals surface area contributed by atoms with Gasteiger partial charge in [0.25, 0.3) is 5.82 Å². The highest BCUT2D eigenvalue weighted by atomic mass is 15.4. The van der Waals surface area contributed by atoms with Crippen molar-refractivity contribution in [2.75, 3.05) is 0 Å². The molecule has 9 aromatic carbocycles. The Morgan fingerprint density at radius 3 is 0.548 bits per heavy atom. The Morgan fingerprint density at radius 2 is 0.369 bits per heavy atom. The van der Waals surface area contributed by atoms with Gasteiger partial charge in [0.15, 0.2) is 0 Å². The molecule has 4 nitrogen and oxygen atoms in total. The minimum atomic E-state index is 0.0192. The van der Waals surface area contributed by atoms with Crippen LogP contribution in [0.2, 0.25) is 0 Å². The Labute approximate surface area is 503 Å². The van der Waals surface area contributed by atoms with E-state index in [1.54, 1.807) is 0 Å². The predicted molar refractivity (Wildman–Crippen MR) is 355 cm³/mol. The summed E-state index contributed by atoms with van der Waals surface area (Å²) >= 11 is 0. The highest BCUT2D eigenvalue weighted by Crippen LogP contribution is 2.38. The molecule has 0 spiro atoms. The van der Waals surface area contributed by atoms with Gasteiger partial charge in [-0.15, -0.1) is 0 Å². The standard InChI is InChI=1S/C80H88N4/c1-75(2,3)66-31-19-53(20-32-66)59-43-60(54-21-33-67(34-22-54)76(4,5)6)47-65(46-59)74-81-83(72-48-61(55-23-35-68(36-24-55)77(7,8)9)44-62(49-72)56-25-37-69(38-26-56)78(10,11)12)52-84(82-74)73-50-63(57-27-39-70(40-28-57)79(13,14)15)45-64(51-73)58-29-41-71(42-30-58)80(16,17)18/h19-52H,1-18H3/q+2. The maximum absolute atomic E-state index is 5.64. The lowest BCUT2D eigenvalue weighted by Crippen LogP contribution is -2.50. The Bertz CT molecular complexity index is 3310. The summed E-state index contributed by atoms with van der Waals surface area (Å²) in [4.78, 5) is 0. The molecule has 0 aliphatic rings. The van der Waals surface area contributed by atoms with Gasteiger partial charge >= 0.3 is 6.33 Å². The maximum atomic E-state index is 5.64. The summed E-state index contributed by atoms with van der Waals surface area (Å²) in [6.07, 6.45) is 2.06. The summed E-state index contributed by atoms with van der Waals surface area (Å²) in [7, 11) is 0. The van der Waals surface area contributed by atoms with Crippen LogP contribution < -0.4 is 9.36 Å². The number of nitrogens with zero attached hydrogens (tertiary/aromatic N) is 4. The molecular formula is C80H88N4+2. The monoisotopic (exact) mass is 1100 g/mol. The fraction of sp³-hybridized carbons (Fsp3) is 0.300. The second-order valence-electron chi connectivity index (χ2n) is 29.6. The molecule has 0 atom stereocenters. The van der Waals surface area contributed by atoms with Crippen LogP contribution in [0.5, 0.6) is 0 Å². The van der Waals surface area contributed by atoms with Crippen molar-refractivity contribution in [1.29, 1.82) is 0 Å². The van der Waals surface area contributed by atoms with E-state index < -0.39 is 0 Å². The van der Waals surface area contributed by atoms with Gasteiger partial charge in [-0.1, -0.05) is 270 Å². The minimum Gasteiger partial charge on any atom is -0.0579 e. The number of hydrogen-bond acceptors (Lipinski definition) is 2. The lowest BCUT2D eigenvalue weighted by molar-refractivity contribution is -0.796. The van der Waals surface area contributed by atoms with E-state index in [9.17, 15) is 0 Å². The van der Waals surface area contributed by atoms with E-state index in [4.69, 9.17) is 10.2 Å². The van der Waals surface area contributed by atoms with E-state index in [1.165, 1.54) is 33.4 Å². The molecule has 4 heteroatoms. The Balaban J connectivity index is 1.25. The molecule has 0 saturated heterocycles. The first-order chi connectivity index (χ1) is 39.3. The van der Waals surface area contributed by atoms with Crippen LogP contribution in [0.1, 0.15) is 158 Å². The first-order valence-corrected chi connectivity index (χ1v) is 30.2. The van der Waals surface area contributed by atoms with Gasteiger partial charge in [0.1, 0.15) is 0 Å².